The van der Waals surface area contributed by atoms with E-state index in [0.29, 0.717) is 28.0 Å². The molecule has 0 amide bonds. The molecule has 3 rings (SSSR count). The summed E-state index contributed by atoms with van der Waals surface area (Å²) in [4.78, 5) is 8.16. The summed E-state index contributed by atoms with van der Waals surface area (Å²) < 4.78 is 13.3. The number of anilines is 1. The van der Waals surface area contributed by atoms with E-state index in [1.54, 1.807) is 30.9 Å². The van der Waals surface area contributed by atoms with E-state index in [1.165, 1.54) is 7.11 Å². The lowest BCUT2D eigenvalue weighted by Gasteiger charge is -2.17. The van der Waals surface area contributed by atoms with Crippen molar-refractivity contribution in [1.82, 2.24) is 14.5 Å². The standard InChI is InChI=1S/C16H18ClN5O3/c1-8-11(22(23)15(25-4)9(2)12(8)24-3)7-21-6-5-10-13(17)19-16(18)20-14(10)21/h5-6H,7H2,1-4H3,(H2,18,19,20). The Bertz CT molecular complexity index is 939. The molecule has 3 heterocycles. The number of aromatic nitrogens is 4. The number of nitrogens with zero attached hydrogens (tertiary/aromatic N) is 4. The summed E-state index contributed by atoms with van der Waals surface area (Å²) in [5.74, 6) is 0.881. The first-order valence-corrected chi connectivity index (χ1v) is 7.88. The number of hydrogen-bond donors (Lipinski definition) is 1. The van der Waals surface area contributed by atoms with Gasteiger partial charge in [-0.05, 0) is 19.9 Å². The van der Waals surface area contributed by atoms with Crippen molar-refractivity contribution in [3.05, 3.63) is 39.4 Å². The van der Waals surface area contributed by atoms with Gasteiger partial charge < -0.3 is 25.0 Å². The van der Waals surface area contributed by atoms with Gasteiger partial charge in [0.15, 0.2) is 0 Å². The second kappa shape index (κ2) is 6.29. The first-order valence-electron chi connectivity index (χ1n) is 7.50. The van der Waals surface area contributed by atoms with Crippen LogP contribution in [0.15, 0.2) is 12.3 Å². The second-order valence-corrected chi connectivity index (χ2v) is 5.95. The maximum atomic E-state index is 12.7. The number of nitrogens with two attached hydrogens (primary N) is 1. The summed E-state index contributed by atoms with van der Waals surface area (Å²) in [7, 11) is 3.01. The number of fused-ring (bicyclic) bond motifs is 1. The molecule has 0 saturated carbocycles. The quantitative estimate of drug-likeness (QED) is 0.432. The Labute approximate surface area is 149 Å². The molecule has 0 unspecified atom stereocenters. The Morgan fingerprint density at radius 3 is 2.60 bits per heavy atom. The molecule has 0 aliphatic rings. The smallest absolute Gasteiger partial charge is 0.386 e. The van der Waals surface area contributed by atoms with Gasteiger partial charge in [0.25, 0.3) is 0 Å². The monoisotopic (exact) mass is 363 g/mol. The molecule has 0 spiro atoms. The Morgan fingerprint density at radius 2 is 1.96 bits per heavy atom. The van der Waals surface area contributed by atoms with Crippen LogP contribution in [0.5, 0.6) is 11.6 Å². The molecule has 25 heavy (non-hydrogen) atoms. The van der Waals surface area contributed by atoms with Crippen molar-refractivity contribution < 1.29 is 14.2 Å². The fourth-order valence-corrected chi connectivity index (χ4v) is 3.23. The second-order valence-electron chi connectivity index (χ2n) is 5.59. The zero-order valence-electron chi connectivity index (χ0n) is 14.3. The minimum Gasteiger partial charge on any atom is -0.616 e. The molecule has 0 aromatic carbocycles. The van der Waals surface area contributed by atoms with E-state index < -0.39 is 0 Å². The van der Waals surface area contributed by atoms with E-state index in [2.05, 4.69) is 9.97 Å². The van der Waals surface area contributed by atoms with Crippen LogP contribution in [-0.2, 0) is 6.54 Å². The average molecular weight is 364 g/mol. The van der Waals surface area contributed by atoms with Gasteiger partial charge in [-0.2, -0.15) is 4.98 Å². The highest BCUT2D eigenvalue weighted by atomic mass is 35.5. The Kier molecular flexibility index (Phi) is 4.30. The highest BCUT2D eigenvalue weighted by Crippen LogP contribution is 2.31. The van der Waals surface area contributed by atoms with Crippen LogP contribution in [0.3, 0.4) is 0 Å². The number of methoxy groups -OCH3 is 2. The molecule has 0 radical (unpaired) electrons. The lowest BCUT2D eigenvalue weighted by atomic mass is 10.1. The van der Waals surface area contributed by atoms with Crippen LogP contribution in [-0.4, -0.2) is 28.8 Å². The topological polar surface area (TPSA) is 102 Å². The normalized spacial score (nSPS) is 11.1. The van der Waals surface area contributed by atoms with Gasteiger partial charge >= 0.3 is 5.88 Å². The van der Waals surface area contributed by atoms with Crippen molar-refractivity contribution >= 4 is 28.6 Å². The van der Waals surface area contributed by atoms with Crippen molar-refractivity contribution in [3.8, 4) is 11.6 Å². The molecule has 132 valence electrons. The van der Waals surface area contributed by atoms with Gasteiger partial charge in [0, 0.05) is 6.20 Å². The summed E-state index contributed by atoms with van der Waals surface area (Å²) in [5, 5.41) is 13.7. The average Bonchev–Trinajstić information content (AvgIpc) is 2.95. The predicted octanol–water partition coefficient (Wildman–Crippen LogP) is 1.98. The van der Waals surface area contributed by atoms with Gasteiger partial charge in [0.1, 0.15) is 28.7 Å². The van der Waals surface area contributed by atoms with E-state index in [9.17, 15) is 5.21 Å². The van der Waals surface area contributed by atoms with Gasteiger partial charge in [0.05, 0.1) is 25.2 Å². The molecule has 8 nitrogen and oxygen atoms in total. The molecule has 3 aromatic heterocycles. The van der Waals surface area contributed by atoms with Crippen LogP contribution in [0.4, 0.5) is 5.95 Å². The van der Waals surface area contributed by atoms with Crippen LogP contribution in [0, 0.1) is 19.1 Å². The number of halogens is 1. The van der Waals surface area contributed by atoms with Crippen LogP contribution in [0.1, 0.15) is 16.8 Å². The van der Waals surface area contributed by atoms with Crippen molar-refractivity contribution in [2.75, 3.05) is 20.0 Å². The largest absolute Gasteiger partial charge is 0.616 e. The summed E-state index contributed by atoms with van der Waals surface area (Å²) in [6, 6.07) is 1.78. The van der Waals surface area contributed by atoms with Gasteiger partial charge in [-0.3, -0.25) is 0 Å². The fourth-order valence-electron chi connectivity index (χ4n) is 2.99. The molecule has 2 N–H and O–H groups in total. The summed E-state index contributed by atoms with van der Waals surface area (Å²) in [6.07, 6.45) is 1.78. The Balaban J connectivity index is 2.19. The fraction of sp³-hybridized carbons (Fsp3) is 0.312. The van der Waals surface area contributed by atoms with Crippen molar-refractivity contribution in [2.45, 2.75) is 20.4 Å². The highest BCUT2D eigenvalue weighted by molar-refractivity contribution is 6.34. The maximum Gasteiger partial charge on any atom is 0.386 e. The number of hydrogen-bond acceptors (Lipinski definition) is 6. The molecule has 0 bridgehead atoms. The zero-order valence-corrected chi connectivity index (χ0v) is 15.1. The molecule has 3 aromatic rings. The molecule has 0 aliphatic heterocycles. The van der Waals surface area contributed by atoms with Gasteiger partial charge in [0.2, 0.25) is 11.6 Å². The third-order valence-electron chi connectivity index (χ3n) is 4.17. The highest BCUT2D eigenvalue weighted by Gasteiger charge is 2.26. The van der Waals surface area contributed by atoms with Crippen LogP contribution < -0.4 is 19.9 Å². The lowest BCUT2D eigenvalue weighted by molar-refractivity contribution is -0.621. The summed E-state index contributed by atoms with van der Waals surface area (Å²) >= 11 is 6.11. The number of rotatable bonds is 4. The Hall–Kier alpha value is -2.74. The third kappa shape index (κ3) is 2.68. The predicted molar refractivity (Wildman–Crippen MR) is 94.0 cm³/mol. The van der Waals surface area contributed by atoms with E-state index >= 15 is 0 Å². The van der Waals surface area contributed by atoms with Crippen LogP contribution >= 0.6 is 11.6 Å². The summed E-state index contributed by atoms with van der Waals surface area (Å²) in [6.45, 7) is 3.86. The number of nitrogen functional groups attached to an aromatic ring is 1. The first kappa shape index (κ1) is 17.1. The zero-order chi connectivity index (χ0) is 18.3. The van der Waals surface area contributed by atoms with Gasteiger partial charge in [-0.25, -0.2) is 4.98 Å². The van der Waals surface area contributed by atoms with Crippen LogP contribution in [0.25, 0.3) is 11.0 Å². The molecule has 0 saturated heterocycles. The minimum atomic E-state index is 0.0724. The molecular formula is C16H18ClN5O3. The summed E-state index contributed by atoms with van der Waals surface area (Å²) in [5.41, 5.74) is 8.09. The van der Waals surface area contributed by atoms with Crippen LogP contribution in [0.2, 0.25) is 5.15 Å². The third-order valence-corrected chi connectivity index (χ3v) is 4.46. The number of ether oxygens (including phenoxy) is 2. The SMILES string of the molecule is COc1c(C)c(Cn2ccc3c(Cl)nc(N)nc32)[n+]([O-])c(OC)c1C. The molecule has 0 fully saturated rings. The maximum absolute atomic E-state index is 12.7. The van der Waals surface area contributed by atoms with Crippen molar-refractivity contribution in [2.24, 2.45) is 0 Å². The van der Waals surface area contributed by atoms with Gasteiger partial charge in [-0.15, -0.1) is 4.73 Å². The minimum absolute atomic E-state index is 0.0724. The molecule has 0 aliphatic carbocycles. The first-order chi connectivity index (χ1) is 11.9. The molecular weight excluding hydrogens is 346 g/mol. The lowest BCUT2D eigenvalue weighted by Crippen LogP contribution is -2.37. The molecule has 0 atom stereocenters. The van der Waals surface area contributed by atoms with Gasteiger partial charge in [-0.1, -0.05) is 11.6 Å². The van der Waals surface area contributed by atoms with E-state index in [1.807, 2.05) is 6.92 Å². The van der Waals surface area contributed by atoms with Crippen molar-refractivity contribution in [3.63, 3.8) is 0 Å². The van der Waals surface area contributed by atoms with Crippen molar-refractivity contribution in [1.29, 1.82) is 0 Å². The van der Waals surface area contributed by atoms with E-state index in [-0.39, 0.29) is 23.5 Å². The molecule has 9 heteroatoms. The number of pyridine rings is 1. The Morgan fingerprint density at radius 1 is 1.24 bits per heavy atom. The van der Waals surface area contributed by atoms with E-state index in [4.69, 9.17) is 26.8 Å². The van der Waals surface area contributed by atoms with E-state index in [0.717, 1.165) is 10.3 Å².